The van der Waals surface area contributed by atoms with Gasteiger partial charge in [0.2, 0.25) is 0 Å². The molecule has 0 spiro atoms. The van der Waals surface area contributed by atoms with Crippen LogP contribution in [0.2, 0.25) is 5.02 Å². The van der Waals surface area contributed by atoms with Crippen LogP contribution in [0.1, 0.15) is 21.6 Å². The van der Waals surface area contributed by atoms with Gasteiger partial charge in [0.15, 0.2) is 0 Å². The Morgan fingerprint density at radius 2 is 1.63 bits per heavy atom. The molecule has 0 radical (unpaired) electrons. The molecule has 0 atom stereocenters. The molecule has 4 aromatic rings. The molecular formula is C25H15ClF5NO3. The molecule has 0 saturated carbocycles. The van der Waals surface area contributed by atoms with Crippen LogP contribution in [0.25, 0.3) is 16.8 Å². The standard InChI is InChI=1S/C25H15ClF5NO3/c26-15-7-8-22(35-13-19-20(27)5-2-6-21(19)28)18(12-15)17-9-10-32(23(17)25(29,30)31)16-4-1-3-14(11-16)24(33)34/h1-12H,13H2,(H,33,34). The Bertz CT molecular complexity index is 1390. The fraction of sp³-hybridized carbons (Fsp3) is 0.0800. The molecular weight excluding hydrogens is 493 g/mol. The maximum atomic E-state index is 14.3. The van der Waals surface area contributed by atoms with Crippen LogP contribution in [-0.4, -0.2) is 15.6 Å². The Kier molecular flexibility index (Phi) is 6.53. The maximum Gasteiger partial charge on any atom is 0.432 e. The van der Waals surface area contributed by atoms with Crippen LogP contribution >= 0.6 is 11.6 Å². The van der Waals surface area contributed by atoms with Crippen LogP contribution < -0.4 is 4.74 Å². The lowest BCUT2D eigenvalue weighted by Crippen LogP contribution is -2.14. The second-order valence-corrected chi connectivity index (χ2v) is 7.87. The summed E-state index contributed by atoms with van der Waals surface area (Å²) in [5, 5.41) is 9.32. The van der Waals surface area contributed by atoms with E-state index in [-0.39, 0.29) is 38.7 Å². The lowest BCUT2D eigenvalue weighted by molar-refractivity contribution is -0.141. The highest BCUT2D eigenvalue weighted by atomic mass is 35.5. The molecule has 10 heteroatoms. The van der Waals surface area contributed by atoms with Gasteiger partial charge in [0.25, 0.3) is 0 Å². The second kappa shape index (κ2) is 9.42. The van der Waals surface area contributed by atoms with E-state index < -0.39 is 36.1 Å². The van der Waals surface area contributed by atoms with E-state index in [1.165, 1.54) is 48.5 Å². The lowest BCUT2D eigenvalue weighted by atomic mass is 10.0. The summed E-state index contributed by atoms with van der Waals surface area (Å²) in [5.74, 6) is -3.10. The Morgan fingerprint density at radius 1 is 0.943 bits per heavy atom. The van der Waals surface area contributed by atoms with Crippen molar-refractivity contribution in [2.45, 2.75) is 12.8 Å². The summed E-state index contributed by atoms with van der Waals surface area (Å²) >= 11 is 6.05. The molecule has 4 rings (SSSR count). The third kappa shape index (κ3) is 5.00. The predicted molar refractivity (Wildman–Crippen MR) is 119 cm³/mol. The molecule has 0 amide bonds. The molecule has 4 nitrogen and oxygen atoms in total. The molecule has 1 aromatic heterocycles. The first-order valence-corrected chi connectivity index (χ1v) is 10.4. The van der Waals surface area contributed by atoms with E-state index in [2.05, 4.69) is 0 Å². The van der Waals surface area contributed by atoms with Crippen molar-refractivity contribution in [2.24, 2.45) is 0 Å². The van der Waals surface area contributed by atoms with Crippen LogP contribution in [0.15, 0.2) is 72.9 Å². The molecule has 180 valence electrons. The van der Waals surface area contributed by atoms with E-state index in [0.29, 0.717) is 0 Å². The van der Waals surface area contributed by atoms with Crippen molar-refractivity contribution in [2.75, 3.05) is 0 Å². The van der Waals surface area contributed by atoms with E-state index >= 15 is 0 Å². The lowest BCUT2D eigenvalue weighted by Gasteiger charge is -2.17. The van der Waals surface area contributed by atoms with Gasteiger partial charge < -0.3 is 14.4 Å². The van der Waals surface area contributed by atoms with E-state index in [4.69, 9.17) is 16.3 Å². The summed E-state index contributed by atoms with van der Waals surface area (Å²) in [6.07, 6.45) is -3.73. The van der Waals surface area contributed by atoms with Crippen molar-refractivity contribution < 1.29 is 36.6 Å². The molecule has 3 aromatic carbocycles. The fourth-order valence-electron chi connectivity index (χ4n) is 3.60. The van der Waals surface area contributed by atoms with Gasteiger partial charge in [-0.15, -0.1) is 0 Å². The molecule has 0 bridgehead atoms. The van der Waals surface area contributed by atoms with Gasteiger partial charge in [0.1, 0.15) is 29.7 Å². The van der Waals surface area contributed by atoms with Crippen molar-refractivity contribution in [3.8, 4) is 22.6 Å². The first-order chi connectivity index (χ1) is 16.6. The highest BCUT2D eigenvalue weighted by Gasteiger charge is 2.38. The van der Waals surface area contributed by atoms with Gasteiger partial charge in [-0.3, -0.25) is 0 Å². The number of carboxylic acid groups (broad SMARTS) is 1. The fourth-order valence-corrected chi connectivity index (χ4v) is 3.77. The molecule has 1 N–H and O–H groups in total. The molecule has 0 saturated heterocycles. The van der Waals surface area contributed by atoms with Gasteiger partial charge in [-0.2, -0.15) is 13.2 Å². The van der Waals surface area contributed by atoms with Crippen molar-refractivity contribution >= 4 is 17.6 Å². The zero-order valence-electron chi connectivity index (χ0n) is 17.6. The minimum absolute atomic E-state index is 0.0265. The number of rotatable bonds is 6. The largest absolute Gasteiger partial charge is 0.488 e. The zero-order valence-corrected chi connectivity index (χ0v) is 18.4. The number of aromatic nitrogens is 1. The van der Waals surface area contributed by atoms with Crippen molar-refractivity contribution in [3.05, 3.63) is 106 Å². The number of hydrogen-bond acceptors (Lipinski definition) is 2. The molecule has 0 unspecified atom stereocenters. The second-order valence-electron chi connectivity index (χ2n) is 7.43. The minimum Gasteiger partial charge on any atom is -0.488 e. The topological polar surface area (TPSA) is 51.5 Å². The summed E-state index contributed by atoms with van der Waals surface area (Å²) in [4.78, 5) is 11.3. The van der Waals surface area contributed by atoms with Gasteiger partial charge in [-0.25, -0.2) is 13.6 Å². The number of aromatic carboxylic acids is 1. The average Bonchev–Trinajstić information content (AvgIpc) is 3.25. The smallest absolute Gasteiger partial charge is 0.432 e. The number of halogens is 6. The number of ether oxygens (including phenoxy) is 1. The number of hydrogen-bond donors (Lipinski definition) is 1. The van der Waals surface area contributed by atoms with E-state index in [1.807, 2.05) is 0 Å². The van der Waals surface area contributed by atoms with Gasteiger partial charge in [0, 0.05) is 28.0 Å². The van der Waals surface area contributed by atoms with Crippen LogP contribution in [0, 0.1) is 11.6 Å². The van der Waals surface area contributed by atoms with E-state index in [9.17, 15) is 31.9 Å². The summed E-state index contributed by atoms with van der Waals surface area (Å²) < 4.78 is 77.1. The maximum absolute atomic E-state index is 14.3. The van der Waals surface area contributed by atoms with Crippen molar-refractivity contribution in [1.29, 1.82) is 0 Å². The monoisotopic (exact) mass is 507 g/mol. The first-order valence-electron chi connectivity index (χ1n) is 10.0. The molecule has 0 fully saturated rings. The SMILES string of the molecule is O=C(O)c1cccc(-n2ccc(-c3cc(Cl)ccc3OCc3c(F)cccc3F)c2C(F)(F)F)c1. The molecule has 0 aliphatic rings. The molecule has 1 heterocycles. The van der Waals surface area contributed by atoms with Crippen molar-refractivity contribution in [1.82, 2.24) is 4.57 Å². The van der Waals surface area contributed by atoms with E-state index in [0.717, 1.165) is 29.0 Å². The van der Waals surface area contributed by atoms with Gasteiger partial charge >= 0.3 is 12.1 Å². The quantitative estimate of drug-likeness (QED) is 0.277. The van der Waals surface area contributed by atoms with Crippen LogP contribution in [0.4, 0.5) is 22.0 Å². The number of carboxylic acids is 1. The number of alkyl halides is 3. The van der Waals surface area contributed by atoms with Crippen LogP contribution in [-0.2, 0) is 12.8 Å². The Morgan fingerprint density at radius 3 is 2.29 bits per heavy atom. The summed E-state index contributed by atoms with van der Waals surface area (Å²) in [7, 11) is 0. The summed E-state index contributed by atoms with van der Waals surface area (Å²) in [6.45, 7) is -0.574. The molecule has 0 aliphatic carbocycles. The van der Waals surface area contributed by atoms with E-state index in [1.54, 1.807) is 0 Å². The Balaban J connectivity index is 1.83. The number of carbonyl (C=O) groups is 1. The summed E-state index contributed by atoms with van der Waals surface area (Å²) in [6, 6.07) is 13.4. The van der Waals surface area contributed by atoms with Crippen LogP contribution in [0.5, 0.6) is 5.75 Å². The van der Waals surface area contributed by atoms with Gasteiger partial charge in [-0.05, 0) is 54.6 Å². The average molecular weight is 508 g/mol. The highest BCUT2D eigenvalue weighted by Crippen LogP contribution is 2.43. The van der Waals surface area contributed by atoms with Crippen LogP contribution in [0.3, 0.4) is 0 Å². The molecule has 35 heavy (non-hydrogen) atoms. The minimum atomic E-state index is -4.87. The summed E-state index contributed by atoms with van der Waals surface area (Å²) in [5.41, 5.74) is -2.08. The third-order valence-corrected chi connectivity index (χ3v) is 5.43. The number of benzene rings is 3. The Hall–Kier alpha value is -3.85. The first kappa shape index (κ1) is 24.3. The van der Waals surface area contributed by atoms with Crippen molar-refractivity contribution in [3.63, 3.8) is 0 Å². The van der Waals surface area contributed by atoms with Gasteiger partial charge in [-0.1, -0.05) is 23.7 Å². The third-order valence-electron chi connectivity index (χ3n) is 5.19. The molecule has 0 aliphatic heterocycles. The number of nitrogens with zero attached hydrogens (tertiary/aromatic N) is 1. The zero-order chi connectivity index (χ0) is 25.3. The Labute approximate surface area is 200 Å². The normalized spacial score (nSPS) is 11.5. The van der Waals surface area contributed by atoms with Gasteiger partial charge in [0.05, 0.1) is 11.1 Å². The predicted octanol–water partition coefficient (Wildman–Crippen LogP) is 7.37. The highest BCUT2D eigenvalue weighted by molar-refractivity contribution is 6.31.